The monoisotopic (exact) mass is 335 g/mol. The summed E-state index contributed by atoms with van der Waals surface area (Å²) in [6.45, 7) is 0. The Bertz CT molecular complexity index is 875. The average molecular weight is 336 g/mol. The van der Waals surface area contributed by atoms with Gasteiger partial charge in [0.2, 0.25) is 0 Å². The largest absolute Gasteiger partial charge is 0.479 e. The molecule has 2 nitrogen and oxygen atoms in total. The molecule has 0 aromatic heterocycles. The van der Waals surface area contributed by atoms with Gasteiger partial charge in [0.05, 0.1) is 5.03 Å². The maximum absolute atomic E-state index is 6.26. The van der Waals surface area contributed by atoms with Crippen LogP contribution in [0.3, 0.4) is 0 Å². The fourth-order valence-electron chi connectivity index (χ4n) is 3.04. The van der Waals surface area contributed by atoms with E-state index in [9.17, 15) is 0 Å². The zero-order chi connectivity index (χ0) is 16.7. The third kappa shape index (κ3) is 2.63. The topological polar surface area (TPSA) is 12.5 Å². The highest BCUT2D eigenvalue weighted by atomic mass is 35.5. The average Bonchev–Trinajstić information content (AvgIpc) is 2.60. The van der Waals surface area contributed by atoms with Crippen LogP contribution in [0.2, 0.25) is 0 Å². The molecular formula is C21H18ClNO. The molecule has 2 aliphatic rings. The Labute approximate surface area is 147 Å². The van der Waals surface area contributed by atoms with Gasteiger partial charge in [-0.3, -0.25) is 0 Å². The van der Waals surface area contributed by atoms with E-state index in [2.05, 4.69) is 53.5 Å². The summed E-state index contributed by atoms with van der Waals surface area (Å²) in [6.07, 6.45) is 7.89. The van der Waals surface area contributed by atoms with Crippen LogP contribution in [-0.2, 0) is 0 Å². The maximum Gasteiger partial charge on any atom is 0.159 e. The van der Waals surface area contributed by atoms with Crippen LogP contribution in [0.5, 0.6) is 5.75 Å². The van der Waals surface area contributed by atoms with Crippen molar-refractivity contribution in [2.45, 2.75) is 6.10 Å². The minimum atomic E-state index is -0.172. The van der Waals surface area contributed by atoms with Crippen LogP contribution in [0.25, 0.3) is 17.2 Å². The Morgan fingerprint density at radius 3 is 2.50 bits per heavy atom. The van der Waals surface area contributed by atoms with Gasteiger partial charge in [0, 0.05) is 25.3 Å². The van der Waals surface area contributed by atoms with E-state index in [1.54, 1.807) is 0 Å². The van der Waals surface area contributed by atoms with Crippen LogP contribution in [0.15, 0.2) is 71.3 Å². The number of benzene rings is 2. The summed E-state index contributed by atoms with van der Waals surface area (Å²) in [5.74, 6) is 0.874. The Morgan fingerprint density at radius 2 is 1.75 bits per heavy atom. The van der Waals surface area contributed by atoms with Gasteiger partial charge in [-0.15, -0.1) is 0 Å². The molecule has 4 rings (SSSR count). The van der Waals surface area contributed by atoms with Crippen LogP contribution in [0.1, 0.15) is 5.56 Å². The molecule has 2 aromatic carbocycles. The molecule has 1 unspecified atom stereocenters. The molecule has 0 N–H and O–H groups in total. The Morgan fingerprint density at radius 1 is 1.00 bits per heavy atom. The lowest BCUT2D eigenvalue weighted by Gasteiger charge is -2.27. The smallest absolute Gasteiger partial charge is 0.159 e. The van der Waals surface area contributed by atoms with Crippen molar-refractivity contribution in [2.24, 2.45) is 0 Å². The summed E-state index contributed by atoms with van der Waals surface area (Å²) in [5.41, 5.74) is 5.75. The lowest BCUT2D eigenvalue weighted by Crippen LogP contribution is -2.23. The maximum atomic E-state index is 6.26. The van der Waals surface area contributed by atoms with Gasteiger partial charge >= 0.3 is 0 Å². The quantitative estimate of drug-likeness (QED) is 0.742. The number of rotatable bonds is 2. The molecule has 0 radical (unpaired) electrons. The van der Waals surface area contributed by atoms with Crippen molar-refractivity contribution in [2.75, 3.05) is 19.0 Å². The van der Waals surface area contributed by atoms with E-state index >= 15 is 0 Å². The standard InChI is InChI=1S/C21H18ClNO/c1-23(2)18-9-6-14(7-10-18)15-8-11-20-17(12-15)13-16-4-3-5-19(22)21(16)24-20/h3-13,21H,1-2H3. The van der Waals surface area contributed by atoms with Gasteiger partial charge in [0.1, 0.15) is 5.75 Å². The molecule has 1 heterocycles. The molecule has 3 heteroatoms. The normalized spacial score (nSPS) is 18.0. The molecular weight excluding hydrogens is 318 g/mol. The molecule has 0 saturated carbocycles. The van der Waals surface area contributed by atoms with Gasteiger partial charge in [-0.2, -0.15) is 0 Å². The Kier molecular flexibility index (Phi) is 3.70. The highest BCUT2D eigenvalue weighted by molar-refractivity contribution is 6.30. The minimum Gasteiger partial charge on any atom is -0.479 e. The number of fused-ring (bicyclic) bond motifs is 2. The van der Waals surface area contributed by atoms with Crippen molar-refractivity contribution in [1.82, 2.24) is 0 Å². The SMILES string of the molecule is CN(C)c1ccc(-c2ccc3c(c2)C=C2C=CC=C(Cl)C2O3)cc1. The predicted molar refractivity (Wildman–Crippen MR) is 102 cm³/mol. The molecule has 2 aromatic rings. The van der Waals surface area contributed by atoms with Crippen molar-refractivity contribution in [3.63, 3.8) is 0 Å². The summed E-state index contributed by atoms with van der Waals surface area (Å²) in [6, 6.07) is 14.9. The van der Waals surface area contributed by atoms with Crippen LogP contribution in [0, 0.1) is 0 Å². The molecule has 0 saturated heterocycles. The van der Waals surface area contributed by atoms with Crippen LogP contribution in [-0.4, -0.2) is 20.2 Å². The highest BCUT2D eigenvalue weighted by Gasteiger charge is 2.25. The lowest BCUT2D eigenvalue weighted by molar-refractivity contribution is 0.278. The zero-order valence-corrected chi connectivity index (χ0v) is 14.4. The molecule has 1 atom stereocenters. The van der Waals surface area contributed by atoms with E-state index in [4.69, 9.17) is 16.3 Å². The van der Waals surface area contributed by atoms with E-state index in [-0.39, 0.29) is 6.10 Å². The Balaban J connectivity index is 1.70. The van der Waals surface area contributed by atoms with Crippen molar-refractivity contribution >= 4 is 23.4 Å². The van der Waals surface area contributed by atoms with Crippen LogP contribution >= 0.6 is 11.6 Å². The first kappa shape index (κ1) is 15.1. The van der Waals surface area contributed by atoms with Crippen molar-refractivity contribution < 1.29 is 4.74 Å². The number of halogens is 1. The fourth-order valence-corrected chi connectivity index (χ4v) is 3.28. The van der Waals surface area contributed by atoms with Crippen molar-refractivity contribution in [3.8, 4) is 16.9 Å². The first-order chi connectivity index (χ1) is 11.6. The molecule has 120 valence electrons. The van der Waals surface area contributed by atoms with E-state index < -0.39 is 0 Å². The van der Waals surface area contributed by atoms with Crippen molar-refractivity contribution in [3.05, 3.63) is 76.9 Å². The summed E-state index contributed by atoms with van der Waals surface area (Å²) in [7, 11) is 4.09. The zero-order valence-electron chi connectivity index (χ0n) is 13.7. The highest BCUT2D eigenvalue weighted by Crippen LogP contribution is 2.37. The molecule has 24 heavy (non-hydrogen) atoms. The van der Waals surface area contributed by atoms with Gasteiger partial charge in [0.15, 0.2) is 6.10 Å². The van der Waals surface area contributed by atoms with Gasteiger partial charge in [-0.1, -0.05) is 42.0 Å². The Hall–Kier alpha value is -2.45. The molecule has 1 aliphatic carbocycles. The molecule has 0 fully saturated rings. The van der Waals surface area contributed by atoms with Gasteiger partial charge < -0.3 is 9.64 Å². The third-order valence-corrected chi connectivity index (χ3v) is 4.72. The first-order valence-electron chi connectivity index (χ1n) is 7.95. The number of nitrogens with zero attached hydrogens (tertiary/aromatic N) is 1. The first-order valence-corrected chi connectivity index (χ1v) is 8.33. The number of hydrogen-bond donors (Lipinski definition) is 0. The van der Waals surface area contributed by atoms with Gasteiger partial charge in [-0.25, -0.2) is 0 Å². The van der Waals surface area contributed by atoms with Gasteiger partial charge in [0.25, 0.3) is 0 Å². The fraction of sp³-hybridized carbons (Fsp3) is 0.143. The van der Waals surface area contributed by atoms with E-state index in [1.807, 2.05) is 32.3 Å². The number of hydrogen-bond acceptors (Lipinski definition) is 2. The second-order valence-corrected chi connectivity index (χ2v) is 6.68. The molecule has 1 aliphatic heterocycles. The molecule has 0 amide bonds. The predicted octanol–water partition coefficient (Wildman–Crippen LogP) is 5.26. The third-order valence-electron chi connectivity index (χ3n) is 4.39. The van der Waals surface area contributed by atoms with Crippen LogP contribution in [0.4, 0.5) is 5.69 Å². The summed E-state index contributed by atoms with van der Waals surface area (Å²) < 4.78 is 6.06. The van der Waals surface area contributed by atoms with Crippen LogP contribution < -0.4 is 9.64 Å². The number of ether oxygens (including phenoxy) is 1. The number of allylic oxidation sites excluding steroid dienone is 2. The lowest BCUT2D eigenvalue weighted by atomic mass is 9.95. The van der Waals surface area contributed by atoms with E-state index in [0.717, 1.165) is 21.9 Å². The molecule has 0 spiro atoms. The summed E-state index contributed by atoms with van der Waals surface area (Å²) in [5, 5.41) is 0.720. The van der Waals surface area contributed by atoms with E-state index in [0.29, 0.717) is 0 Å². The van der Waals surface area contributed by atoms with Crippen molar-refractivity contribution in [1.29, 1.82) is 0 Å². The van der Waals surface area contributed by atoms with Gasteiger partial charge in [-0.05, 0) is 53.1 Å². The number of anilines is 1. The van der Waals surface area contributed by atoms with E-state index in [1.165, 1.54) is 16.8 Å². The summed E-state index contributed by atoms with van der Waals surface area (Å²) in [4.78, 5) is 2.10. The minimum absolute atomic E-state index is 0.172. The second-order valence-electron chi connectivity index (χ2n) is 6.25. The second kappa shape index (κ2) is 5.88. The summed E-state index contributed by atoms with van der Waals surface area (Å²) >= 11 is 6.26. The molecule has 0 bridgehead atoms.